The Hall–Kier alpha value is -2.33. The molecule has 0 radical (unpaired) electrons. The van der Waals surface area contributed by atoms with Gasteiger partial charge in [0, 0.05) is 37.3 Å². The van der Waals surface area contributed by atoms with Gasteiger partial charge in [-0.3, -0.25) is 0 Å². The van der Waals surface area contributed by atoms with E-state index in [1.165, 1.54) is 50.5 Å². The first-order chi connectivity index (χ1) is 15.6. The van der Waals surface area contributed by atoms with E-state index in [1.54, 1.807) is 19.3 Å². The fourth-order valence-corrected chi connectivity index (χ4v) is 4.99. The van der Waals surface area contributed by atoms with Crippen LogP contribution in [-0.2, 0) is 9.53 Å². The van der Waals surface area contributed by atoms with Crippen molar-refractivity contribution in [1.29, 1.82) is 0 Å². The van der Waals surface area contributed by atoms with Crippen LogP contribution in [0.5, 0.6) is 0 Å². The molecular weight excluding hydrogens is 401 g/mol. The highest BCUT2D eigenvalue weighted by Crippen LogP contribution is 2.44. The number of hydrogen-bond acceptors (Lipinski definition) is 2. The zero-order valence-corrected chi connectivity index (χ0v) is 19.9. The third kappa shape index (κ3) is 7.37. The van der Waals surface area contributed by atoms with Crippen molar-refractivity contribution in [2.24, 2.45) is 23.7 Å². The number of methoxy groups -OCH3 is 1. The molecule has 2 aliphatic carbocycles. The van der Waals surface area contributed by atoms with Crippen LogP contribution in [0.15, 0.2) is 49.2 Å². The molecule has 2 aliphatic rings. The summed E-state index contributed by atoms with van der Waals surface area (Å²) in [4.78, 5) is 14.1. The van der Waals surface area contributed by atoms with Crippen molar-refractivity contribution in [3.63, 3.8) is 0 Å². The second kappa shape index (κ2) is 13.9. The van der Waals surface area contributed by atoms with Crippen molar-refractivity contribution >= 4 is 12.4 Å². The quantitative estimate of drug-likeness (QED) is 0.489. The van der Waals surface area contributed by atoms with Gasteiger partial charge in [0.2, 0.25) is 5.69 Å². The minimum atomic E-state index is -0.222. The van der Waals surface area contributed by atoms with Crippen LogP contribution in [0.3, 0.4) is 0 Å². The highest BCUT2D eigenvalue weighted by Gasteiger charge is 2.37. The normalized spacial score (nSPS) is 24.0. The Morgan fingerprint density at radius 2 is 1.81 bits per heavy atom. The van der Waals surface area contributed by atoms with Gasteiger partial charge in [0.15, 0.2) is 6.20 Å². The molecule has 0 saturated heterocycles. The number of rotatable bonds is 5. The number of pyridine rings is 1. The highest BCUT2D eigenvalue weighted by molar-refractivity contribution is 5.62. The van der Waals surface area contributed by atoms with Gasteiger partial charge in [-0.1, -0.05) is 58.2 Å². The van der Waals surface area contributed by atoms with Crippen LogP contribution in [0.4, 0.5) is 4.39 Å². The molecule has 2 saturated carbocycles. The maximum Gasteiger partial charge on any atom is 0.202 e. The maximum absolute atomic E-state index is 13.0. The van der Waals surface area contributed by atoms with Crippen molar-refractivity contribution in [1.82, 2.24) is 0 Å². The number of ether oxygens (including phenoxy) is 1. The number of nitrogens with one attached hydrogen (secondary N) is 1. The molecule has 2 fully saturated rings. The molecule has 0 spiro atoms. The van der Waals surface area contributed by atoms with Crippen LogP contribution in [0, 0.1) is 29.5 Å². The number of H-pyrrole nitrogens is 1. The average molecular weight is 441 g/mol. The van der Waals surface area contributed by atoms with Gasteiger partial charge < -0.3 is 9.53 Å². The smallest absolute Gasteiger partial charge is 0.202 e. The minimum Gasteiger partial charge on any atom is -0.384 e. The molecular formula is C28H39FNO2+. The number of aldehydes is 1. The van der Waals surface area contributed by atoms with E-state index in [-0.39, 0.29) is 11.7 Å². The lowest BCUT2D eigenvalue weighted by Gasteiger charge is -2.42. The number of fused-ring (bicyclic) bond motifs is 1. The Labute approximate surface area is 193 Å². The van der Waals surface area contributed by atoms with E-state index in [4.69, 9.17) is 4.74 Å². The van der Waals surface area contributed by atoms with Crippen molar-refractivity contribution in [2.75, 3.05) is 13.7 Å². The van der Waals surface area contributed by atoms with E-state index in [2.05, 4.69) is 11.6 Å². The molecule has 0 amide bonds. The minimum absolute atomic E-state index is 0.222. The lowest BCUT2D eigenvalue weighted by atomic mass is 9.64. The summed E-state index contributed by atoms with van der Waals surface area (Å²) in [6.45, 7) is 8.43. The molecule has 4 heteroatoms. The van der Waals surface area contributed by atoms with E-state index in [1.807, 2.05) is 38.2 Å². The summed E-state index contributed by atoms with van der Waals surface area (Å²) < 4.78 is 18.2. The summed E-state index contributed by atoms with van der Waals surface area (Å²) in [6, 6.07) is 10.4. The molecule has 0 bridgehead atoms. The molecule has 4 rings (SSSR count). The van der Waals surface area contributed by atoms with Crippen LogP contribution >= 0.6 is 0 Å². The first-order valence-electron chi connectivity index (χ1n) is 12.0. The van der Waals surface area contributed by atoms with E-state index < -0.39 is 0 Å². The summed E-state index contributed by atoms with van der Waals surface area (Å²) in [7, 11) is 1.74. The van der Waals surface area contributed by atoms with Crippen molar-refractivity contribution in [2.45, 2.75) is 52.4 Å². The van der Waals surface area contributed by atoms with Gasteiger partial charge in [-0.15, -0.1) is 0 Å². The van der Waals surface area contributed by atoms with Crippen LogP contribution in [-0.4, -0.2) is 20.0 Å². The van der Waals surface area contributed by atoms with Crippen molar-refractivity contribution in [3.8, 4) is 11.1 Å². The van der Waals surface area contributed by atoms with Crippen LogP contribution in [0.2, 0.25) is 0 Å². The van der Waals surface area contributed by atoms with Crippen molar-refractivity contribution < 1.29 is 18.9 Å². The molecule has 1 heterocycles. The third-order valence-corrected chi connectivity index (χ3v) is 6.62. The molecule has 1 aromatic carbocycles. The highest BCUT2D eigenvalue weighted by atomic mass is 19.1. The van der Waals surface area contributed by atoms with Crippen LogP contribution in [0.25, 0.3) is 17.2 Å². The molecule has 1 aromatic heterocycles. The third-order valence-electron chi connectivity index (χ3n) is 6.62. The van der Waals surface area contributed by atoms with Gasteiger partial charge in [-0.05, 0) is 54.4 Å². The van der Waals surface area contributed by atoms with Gasteiger partial charge in [-0.2, -0.15) is 0 Å². The second-order valence-corrected chi connectivity index (χ2v) is 8.54. The molecule has 2 aromatic rings. The molecule has 0 aliphatic heterocycles. The monoisotopic (exact) mass is 440 g/mol. The Morgan fingerprint density at radius 1 is 1.09 bits per heavy atom. The number of aromatic nitrogens is 1. The molecule has 3 nitrogen and oxygen atoms in total. The fourth-order valence-electron chi connectivity index (χ4n) is 4.99. The van der Waals surface area contributed by atoms with Gasteiger partial charge in [-0.25, -0.2) is 9.37 Å². The standard InChI is InChI=1S/C13H10FN.C13H22O2.C2H6/c1-2-13-7-6-11(9-15-13)10-4-3-5-12(14)8-10;1-15-9-13-7-11-5-3-2-4-10(11)6-12(13)8-14;1-2/h2-9H,1H2;8,10-13H,2-7,9H2,1H3;1-2H3/p+1. The lowest BCUT2D eigenvalue weighted by Crippen LogP contribution is -2.36. The fraction of sp³-hybridized carbons (Fsp3) is 0.500. The average Bonchev–Trinajstić information content (AvgIpc) is 2.85. The Kier molecular flexibility index (Phi) is 11.3. The van der Waals surface area contributed by atoms with Crippen LogP contribution < -0.4 is 4.98 Å². The zero-order valence-electron chi connectivity index (χ0n) is 19.9. The van der Waals surface area contributed by atoms with Crippen molar-refractivity contribution in [3.05, 3.63) is 60.7 Å². The predicted molar refractivity (Wildman–Crippen MR) is 129 cm³/mol. The predicted octanol–water partition coefficient (Wildman–Crippen LogP) is 6.64. The molecule has 32 heavy (non-hydrogen) atoms. The second-order valence-electron chi connectivity index (χ2n) is 8.54. The number of aromatic amines is 1. The SMILES string of the molecule is C=Cc1ccc(-c2cccc(F)c2)c[nH+]1.CC.COCC1CC2CCCCC2CC1C=O. The zero-order chi connectivity index (χ0) is 23.3. The summed E-state index contributed by atoms with van der Waals surface area (Å²) >= 11 is 0. The number of carbonyl (C=O) groups excluding carboxylic acids is 1. The lowest BCUT2D eigenvalue weighted by molar-refractivity contribution is -0.380. The Morgan fingerprint density at radius 3 is 2.38 bits per heavy atom. The topological polar surface area (TPSA) is 40.4 Å². The summed E-state index contributed by atoms with van der Waals surface area (Å²) in [5.41, 5.74) is 2.76. The summed E-state index contributed by atoms with van der Waals surface area (Å²) in [5.74, 6) is 2.26. The van der Waals surface area contributed by atoms with E-state index in [9.17, 15) is 9.18 Å². The first-order valence-corrected chi connectivity index (χ1v) is 12.0. The molecule has 4 atom stereocenters. The Bertz CT molecular complexity index is 820. The van der Waals surface area contributed by atoms with E-state index in [0.717, 1.165) is 41.7 Å². The number of benzene rings is 1. The van der Waals surface area contributed by atoms with Gasteiger partial charge in [0.05, 0.1) is 0 Å². The molecule has 174 valence electrons. The van der Waals surface area contributed by atoms with Gasteiger partial charge in [0.1, 0.15) is 12.1 Å². The first kappa shape index (κ1) is 25.9. The maximum atomic E-state index is 13.0. The molecule has 1 N–H and O–H groups in total. The number of carbonyl (C=O) groups is 1. The van der Waals surface area contributed by atoms with E-state index >= 15 is 0 Å². The van der Waals surface area contributed by atoms with Gasteiger partial charge >= 0.3 is 0 Å². The van der Waals surface area contributed by atoms with Crippen LogP contribution in [0.1, 0.15) is 58.1 Å². The van der Waals surface area contributed by atoms with E-state index in [0.29, 0.717) is 5.92 Å². The molecule has 4 unspecified atom stereocenters. The van der Waals surface area contributed by atoms with Gasteiger partial charge in [0.25, 0.3) is 0 Å². The largest absolute Gasteiger partial charge is 0.384 e. The summed E-state index contributed by atoms with van der Waals surface area (Å²) in [5, 5.41) is 0. The number of hydrogen-bond donors (Lipinski definition) is 0. The Balaban J connectivity index is 0.000000211. The number of halogens is 1. The summed E-state index contributed by atoms with van der Waals surface area (Å²) in [6.07, 6.45) is 12.6.